The van der Waals surface area contributed by atoms with Crippen LogP contribution in [0.2, 0.25) is 5.15 Å². The maximum absolute atomic E-state index is 11.3. The van der Waals surface area contributed by atoms with E-state index in [1.54, 1.807) is 6.08 Å². The number of anilines is 1. The lowest BCUT2D eigenvalue weighted by molar-refractivity contribution is -0.384. The van der Waals surface area contributed by atoms with Crippen LogP contribution in [0, 0.1) is 22.0 Å². The second kappa shape index (κ2) is 11.2. The minimum absolute atomic E-state index is 0.0130. The number of nitrogens with one attached hydrogen (secondary N) is 1. The van der Waals surface area contributed by atoms with E-state index >= 15 is 0 Å². The van der Waals surface area contributed by atoms with Gasteiger partial charge < -0.3 is 14.6 Å². The number of aromatic nitrogens is 2. The summed E-state index contributed by atoms with van der Waals surface area (Å²) in [6.45, 7) is 4.08. The highest BCUT2D eigenvalue weighted by Gasteiger charge is 2.42. The van der Waals surface area contributed by atoms with Gasteiger partial charge in [0.1, 0.15) is 13.9 Å². The van der Waals surface area contributed by atoms with Gasteiger partial charge in [0.25, 0.3) is 0 Å². The van der Waals surface area contributed by atoms with Crippen molar-refractivity contribution in [2.75, 3.05) is 11.9 Å². The van der Waals surface area contributed by atoms with Crippen LogP contribution in [0.25, 0.3) is 0 Å². The van der Waals surface area contributed by atoms with Crippen molar-refractivity contribution in [1.29, 1.82) is 2.61 Å². The highest BCUT2D eigenvalue weighted by molar-refractivity contribution is 8.53. The van der Waals surface area contributed by atoms with Crippen LogP contribution >= 0.6 is 30.9 Å². The molecule has 0 aromatic carbocycles. The molecular formula is C15H22BClN4O4PS. The number of hydrogen-bond donors (Lipinski definition) is 2. The number of hydrogen-bond acceptors (Lipinski definition) is 8. The molecule has 1 fully saturated rings. The van der Waals surface area contributed by atoms with Crippen LogP contribution < -0.4 is 5.32 Å². The van der Waals surface area contributed by atoms with Gasteiger partial charge >= 0.3 is 5.69 Å². The van der Waals surface area contributed by atoms with Crippen molar-refractivity contribution in [3.8, 4) is 0 Å². The van der Waals surface area contributed by atoms with Crippen LogP contribution in [-0.2, 0) is 4.18 Å². The Morgan fingerprint density at radius 1 is 1.70 bits per heavy atom. The second-order valence-electron chi connectivity index (χ2n) is 6.19. The van der Waals surface area contributed by atoms with E-state index in [0.717, 1.165) is 38.4 Å². The summed E-state index contributed by atoms with van der Waals surface area (Å²) in [5.74, 6) is -0.0268. The van der Waals surface area contributed by atoms with Crippen molar-refractivity contribution < 1.29 is 14.2 Å². The van der Waals surface area contributed by atoms with Crippen LogP contribution in [0.15, 0.2) is 19.0 Å². The molecule has 27 heavy (non-hydrogen) atoms. The maximum Gasteiger partial charge on any atom is 0.348 e. The lowest BCUT2D eigenvalue weighted by Crippen LogP contribution is -2.36. The molecule has 0 saturated heterocycles. The fraction of sp³-hybridized carbons (Fsp3) is 0.600. The molecule has 1 aromatic heterocycles. The summed E-state index contributed by atoms with van der Waals surface area (Å²) < 4.78 is 19.9. The number of aliphatic hydroxyl groups is 1. The van der Waals surface area contributed by atoms with Crippen molar-refractivity contribution in [2.45, 2.75) is 37.8 Å². The molecule has 0 amide bonds. The zero-order valence-corrected chi connectivity index (χ0v) is 17.0. The molecule has 1 saturated carbocycles. The molecule has 1 unspecified atom stereocenters. The van der Waals surface area contributed by atoms with Gasteiger partial charge in [-0.3, -0.25) is 10.1 Å². The normalized spacial score (nSPS) is 26.7. The number of nitrogens with zero attached hydrogens (tertiary/aromatic N) is 3. The van der Waals surface area contributed by atoms with Crippen molar-refractivity contribution in [3.05, 3.63) is 34.2 Å². The number of rotatable bonds is 12. The van der Waals surface area contributed by atoms with E-state index in [0.29, 0.717) is 19.4 Å². The highest BCUT2D eigenvalue weighted by Crippen LogP contribution is 2.40. The SMILES string of the molecule is [2H]P([B][3H])SOCC[C@H]1C[C@H](CCC=C)[C@H](Nc2ncnc(Cl)c2[N+](=O)[O-])[C@@H]1O. The molecule has 1 radical (unpaired) electrons. The summed E-state index contributed by atoms with van der Waals surface area (Å²) in [7, 11) is -0.339. The van der Waals surface area contributed by atoms with E-state index in [4.69, 9.17) is 18.4 Å². The van der Waals surface area contributed by atoms with Crippen molar-refractivity contribution >= 4 is 49.9 Å². The quantitative estimate of drug-likeness (QED) is 0.0754. The Kier molecular flexibility index (Phi) is 8.02. The molecule has 8 nitrogen and oxygen atoms in total. The number of nitro groups is 1. The number of allylic oxidation sites excluding steroid dienone is 1. The van der Waals surface area contributed by atoms with Crippen LogP contribution in [0.3, 0.4) is 0 Å². The van der Waals surface area contributed by atoms with Gasteiger partial charge in [0.2, 0.25) is 11.0 Å². The maximum atomic E-state index is 11.3. The molecule has 0 spiro atoms. The van der Waals surface area contributed by atoms with Crippen LogP contribution in [0.5, 0.6) is 0 Å². The van der Waals surface area contributed by atoms with Gasteiger partial charge in [-0.05, 0) is 38.9 Å². The van der Waals surface area contributed by atoms with Gasteiger partial charge in [-0.1, -0.05) is 25.3 Å². The van der Waals surface area contributed by atoms with E-state index in [-0.39, 0.29) is 22.8 Å². The van der Waals surface area contributed by atoms with E-state index in [1.165, 1.54) is 0 Å². The predicted octanol–water partition coefficient (Wildman–Crippen LogP) is 3.25. The fourth-order valence-corrected chi connectivity index (χ4v) is 4.26. The molecule has 1 heterocycles. The first-order chi connectivity index (χ1) is 13.9. The van der Waals surface area contributed by atoms with Crippen molar-refractivity contribution in [1.82, 2.24) is 9.97 Å². The topological polar surface area (TPSA) is 110 Å². The lowest BCUT2D eigenvalue weighted by Gasteiger charge is -2.24. The molecule has 147 valence electrons. The van der Waals surface area contributed by atoms with Crippen LogP contribution in [0.4, 0.5) is 11.5 Å². The first kappa shape index (κ1) is 19.4. The minimum Gasteiger partial charge on any atom is -0.391 e. The Hall–Kier alpha value is -0.925. The minimum atomic E-state index is -1.38. The van der Waals surface area contributed by atoms with Crippen LogP contribution in [0.1, 0.15) is 25.7 Å². The molecule has 0 aliphatic heterocycles. The summed E-state index contributed by atoms with van der Waals surface area (Å²) in [5, 5.41) is 25.0. The van der Waals surface area contributed by atoms with Crippen molar-refractivity contribution in [3.63, 3.8) is 0 Å². The zero-order chi connectivity index (χ0) is 21.4. The zero-order valence-electron chi connectivity index (χ0n) is 16.5. The average Bonchev–Trinajstić information content (AvgIpc) is 2.98. The Morgan fingerprint density at radius 3 is 3.22 bits per heavy atom. The smallest absolute Gasteiger partial charge is 0.348 e. The van der Waals surface area contributed by atoms with Gasteiger partial charge in [0, 0.05) is 11.7 Å². The third-order valence-corrected chi connectivity index (χ3v) is 5.85. The van der Waals surface area contributed by atoms with Crippen molar-refractivity contribution in [2.24, 2.45) is 11.8 Å². The first-order valence-electron chi connectivity index (χ1n) is 9.41. The second-order valence-corrected chi connectivity index (χ2v) is 8.23. The highest BCUT2D eigenvalue weighted by atomic mass is 35.5. The van der Waals surface area contributed by atoms with E-state index in [2.05, 4.69) is 21.9 Å². The molecule has 1 aliphatic carbocycles. The molecule has 5 atom stereocenters. The molecule has 1 aliphatic rings. The Morgan fingerprint density at radius 2 is 2.52 bits per heavy atom. The molecule has 2 rings (SSSR count). The van der Waals surface area contributed by atoms with Gasteiger partial charge in [0.15, 0.2) is 0 Å². The van der Waals surface area contributed by atoms with Gasteiger partial charge in [-0.25, -0.2) is 9.97 Å². The Bertz CT molecular complexity index is 716. The molecule has 1 aromatic rings. The standard InChI is InChI=1S/C15H22BClN4O4PS/c1-2-3-4-9-7-10(5-6-25-27-26-16)13(22)11(9)20-15-12(21(23)24)14(17)18-8-19-15/h2,8-11,13,16,22,26H,1,3-7H2,(H,18,19,20)/t9-,10-,11-,13+,26?/m0/s1/i16T,26D. The predicted molar refractivity (Wildman–Crippen MR) is 112 cm³/mol. The Balaban J connectivity index is 2.09. The lowest BCUT2D eigenvalue weighted by atomic mass is 9.96. The molecule has 0 bridgehead atoms. The van der Waals surface area contributed by atoms with E-state index < -0.39 is 30.4 Å². The summed E-state index contributed by atoms with van der Waals surface area (Å²) >= 11 is 6.82. The van der Waals surface area contributed by atoms with Crippen LogP contribution in [-0.4, -0.2) is 48.9 Å². The summed E-state index contributed by atoms with van der Waals surface area (Å²) in [5.41, 5.74) is -0.414. The number of aliphatic hydroxyl groups excluding tert-OH is 1. The summed E-state index contributed by atoms with van der Waals surface area (Å²) in [6.07, 6.45) is 4.99. The monoisotopic (exact) mass is 434 g/mol. The Labute approximate surface area is 172 Å². The third kappa shape index (κ3) is 6.02. The third-order valence-electron chi connectivity index (χ3n) is 4.64. The largest absolute Gasteiger partial charge is 0.391 e. The molecular weight excluding hydrogens is 409 g/mol. The average molecular weight is 435 g/mol. The molecule has 12 heteroatoms. The summed E-state index contributed by atoms with van der Waals surface area (Å²) in [4.78, 5) is 18.3. The molecule has 2 N–H and O–H groups in total. The first-order valence-corrected chi connectivity index (χ1v) is 11.1. The van der Waals surface area contributed by atoms with Gasteiger partial charge in [-0.15, -0.1) is 6.58 Å². The van der Waals surface area contributed by atoms with Gasteiger partial charge in [-0.2, -0.15) is 0 Å². The summed E-state index contributed by atoms with van der Waals surface area (Å²) in [6, 6.07) is -0.438. The van der Waals surface area contributed by atoms with E-state index in [1.807, 2.05) is 0 Å². The van der Waals surface area contributed by atoms with Gasteiger partial charge in [0.05, 0.1) is 25.0 Å². The van der Waals surface area contributed by atoms with E-state index in [9.17, 15) is 15.2 Å². The number of halogens is 1. The fourth-order valence-electron chi connectivity index (χ4n) is 3.42.